The number of hydrogen-bond donors (Lipinski definition) is 2. The topological polar surface area (TPSA) is 85.2 Å². The van der Waals surface area contributed by atoms with Crippen molar-refractivity contribution in [1.82, 2.24) is 0 Å². The van der Waals surface area contributed by atoms with Crippen molar-refractivity contribution >= 4 is 5.97 Å². The van der Waals surface area contributed by atoms with E-state index in [2.05, 4.69) is 0 Å². The van der Waals surface area contributed by atoms with Crippen molar-refractivity contribution < 1.29 is 29.2 Å². The van der Waals surface area contributed by atoms with Gasteiger partial charge in [0, 0.05) is 7.11 Å². The van der Waals surface area contributed by atoms with Crippen LogP contribution in [0.1, 0.15) is 0 Å². The molecular formula is C7H10O6. The van der Waals surface area contributed by atoms with Crippen molar-refractivity contribution in [2.75, 3.05) is 7.11 Å². The van der Waals surface area contributed by atoms with Gasteiger partial charge in [-0.2, -0.15) is 0 Å². The van der Waals surface area contributed by atoms with Crippen molar-refractivity contribution in [2.24, 2.45) is 0 Å². The molecule has 6 nitrogen and oxygen atoms in total. The third-order valence-corrected chi connectivity index (χ3v) is 2.27. The van der Waals surface area contributed by atoms with Crippen LogP contribution in [0.25, 0.3) is 0 Å². The van der Waals surface area contributed by atoms with Gasteiger partial charge in [-0.3, -0.25) is 0 Å². The first-order valence-electron chi connectivity index (χ1n) is 3.90. The second kappa shape index (κ2) is 2.91. The third-order valence-electron chi connectivity index (χ3n) is 2.27. The first-order chi connectivity index (χ1) is 6.15. The van der Waals surface area contributed by atoms with Gasteiger partial charge in [0.2, 0.25) is 0 Å². The summed E-state index contributed by atoms with van der Waals surface area (Å²) in [4.78, 5) is 10.8. The molecule has 2 fully saturated rings. The van der Waals surface area contributed by atoms with Gasteiger partial charge in [0.1, 0.15) is 12.2 Å². The number of aliphatic hydroxyl groups is 2. The van der Waals surface area contributed by atoms with E-state index in [1.807, 2.05) is 0 Å². The van der Waals surface area contributed by atoms with Crippen LogP contribution in [0.2, 0.25) is 0 Å². The molecule has 0 spiro atoms. The van der Waals surface area contributed by atoms with E-state index in [1.54, 1.807) is 0 Å². The molecule has 0 aromatic heterocycles. The molecule has 74 valence electrons. The van der Waals surface area contributed by atoms with Crippen molar-refractivity contribution in [1.29, 1.82) is 0 Å². The maximum absolute atomic E-state index is 10.8. The summed E-state index contributed by atoms with van der Waals surface area (Å²) < 4.78 is 14.5. The Morgan fingerprint density at radius 1 is 1.38 bits per heavy atom. The molecule has 0 aromatic rings. The normalized spacial score (nSPS) is 49.2. The molecule has 0 aliphatic carbocycles. The molecule has 2 rings (SSSR count). The van der Waals surface area contributed by atoms with E-state index >= 15 is 0 Å². The fraction of sp³-hybridized carbons (Fsp3) is 0.857. The van der Waals surface area contributed by atoms with Crippen molar-refractivity contribution in [2.45, 2.75) is 30.7 Å². The highest BCUT2D eigenvalue weighted by Gasteiger charge is 2.56. The number of methoxy groups -OCH3 is 1. The van der Waals surface area contributed by atoms with Crippen LogP contribution in [0.3, 0.4) is 0 Å². The van der Waals surface area contributed by atoms with Gasteiger partial charge in [0.25, 0.3) is 0 Å². The van der Waals surface area contributed by atoms with Gasteiger partial charge in [0.15, 0.2) is 18.5 Å². The van der Waals surface area contributed by atoms with Gasteiger partial charge in [0.05, 0.1) is 0 Å². The summed E-state index contributed by atoms with van der Waals surface area (Å²) in [6.45, 7) is 0. The summed E-state index contributed by atoms with van der Waals surface area (Å²) in [6.07, 6.45) is -4.81. The Kier molecular flexibility index (Phi) is 1.99. The van der Waals surface area contributed by atoms with E-state index in [0.717, 1.165) is 0 Å². The molecule has 2 heterocycles. The highest BCUT2D eigenvalue weighted by Crippen LogP contribution is 2.31. The minimum absolute atomic E-state index is 0.761. The van der Waals surface area contributed by atoms with E-state index in [-0.39, 0.29) is 0 Å². The number of esters is 1. The van der Waals surface area contributed by atoms with Crippen molar-refractivity contribution in [3.05, 3.63) is 0 Å². The summed E-state index contributed by atoms with van der Waals surface area (Å²) in [6, 6.07) is 0. The number of rotatable bonds is 1. The Bertz CT molecular complexity index is 229. The van der Waals surface area contributed by atoms with Gasteiger partial charge in [-0.05, 0) is 0 Å². The zero-order chi connectivity index (χ0) is 9.59. The van der Waals surface area contributed by atoms with Crippen LogP contribution >= 0.6 is 0 Å². The van der Waals surface area contributed by atoms with Crippen LogP contribution in [-0.2, 0) is 19.0 Å². The predicted molar refractivity (Wildman–Crippen MR) is 37.6 cm³/mol. The van der Waals surface area contributed by atoms with Gasteiger partial charge in [-0.15, -0.1) is 0 Å². The minimum Gasteiger partial charge on any atom is -0.454 e. The smallest absolute Gasteiger partial charge is 0.338 e. The van der Waals surface area contributed by atoms with E-state index in [4.69, 9.17) is 14.2 Å². The van der Waals surface area contributed by atoms with Crippen LogP contribution in [0.5, 0.6) is 0 Å². The average molecular weight is 190 g/mol. The number of hydrogen-bond acceptors (Lipinski definition) is 6. The van der Waals surface area contributed by atoms with Gasteiger partial charge in [-0.1, -0.05) is 0 Å². The molecule has 2 N–H and O–H groups in total. The second-order valence-electron chi connectivity index (χ2n) is 3.04. The first kappa shape index (κ1) is 8.89. The summed E-state index contributed by atoms with van der Waals surface area (Å²) in [7, 11) is 1.36. The fourth-order valence-electron chi connectivity index (χ4n) is 1.59. The molecule has 13 heavy (non-hydrogen) atoms. The standard InChI is InChI=1S/C7H10O6/c1-11-7-3(9)5-4(13-7)2(8)6(10)12-5/h2-5,7-9H,1H3/t2-,3-,4+,5+,7-/m0/s1. The lowest BCUT2D eigenvalue weighted by molar-refractivity contribution is -0.177. The molecule has 2 saturated heterocycles. The molecule has 2 aliphatic rings. The highest BCUT2D eigenvalue weighted by atomic mass is 16.7. The summed E-state index contributed by atoms with van der Waals surface area (Å²) in [5.74, 6) is -0.761. The number of aliphatic hydroxyl groups excluding tert-OH is 2. The van der Waals surface area contributed by atoms with Crippen LogP contribution in [0.4, 0.5) is 0 Å². The number of fused-ring (bicyclic) bond motifs is 1. The molecule has 0 amide bonds. The van der Waals surface area contributed by atoms with Crippen LogP contribution in [-0.4, -0.2) is 54.0 Å². The summed E-state index contributed by atoms with van der Waals surface area (Å²) >= 11 is 0. The Balaban J connectivity index is 2.14. The first-order valence-corrected chi connectivity index (χ1v) is 3.90. The van der Waals surface area contributed by atoms with Gasteiger partial charge >= 0.3 is 5.97 Å². The second-order valence-corrected chi connectivity index (χ2v) is 3.04. The molecule has 0 saturated carbocycles. The molecule has 2 aliphatic heterocycles. The summed E-state index contributed by atoms with van der Waals surface area (Å²) in [5, 5.41) is 18.7. The monoisotopic (exact) mass is 190 g/mol. The Morgan fingerprint density at radius 3 is 2.62 bits per heavy atom. The van der Waals surface area contributed by atoms with Gasteiger partial charge in [-0.25, -0.2) is 4.79 Å². The lowest BCUT2D eigenvalue weighted by Gasteiger charge is -2.14. The number of ether oxygens (including phenoxy) is 3. The number of carbonyl (C=O) groups excluding carboxylic acids is 1. The third kappa shape index (κ3) is 1.14. The quantitative estimate of drug-likeness (QED) is 0.465. The highest BCUT2D eigenvalue weighted by molar-refractivity contribution is 5.78. The minimum atomic E-state index is -1.32. The zero-order valence-corrected chi connectivity index (χ0v) is 6.91. The molecule has 0 radical (unpaired) electrons. The van der Waals surface area contributed by atoms with Crippen molar-refractivity contribution in [3.63, 3.8) is 0 Å². The van der Waals surface area contributed by atoms with Crippen molar-refractivity contribution in [3.8, 4) is 0 Å². The van der Waals surface area contributed by atoms with E-state index < -0.39 is 36.7 Å². The van der Waals surface area contributed by atoms with E-state index in [0.29, 0.717) is 0 Å². The lowest BCUT2D eigenvalue weighted by atomic mass is 10.1. The zero-order valence-electron chi connectivity index (χ0n) is 6.91. The Morgan fingerprint density at radius 2 is 2.08 bits per heavy atom. The van der Waals surface area contributed by atoms with Crippen LogP contribution < -0.4 is 0 Å². The van der Waals surface area contributed by atoms with E-state index in [9.17, 15) is 15.0 Å². The molecular weight excluding hydrogens is 180 g/mol. The van der Waals surface area contributed by atoms with Crippen LogP contribution in [0.15, 0.2) is 0 Å². The molecule has 0 aromatic carbocycles. The molecule has 5 atom stereocenters. The van der Waals surface area contributed by atoms with Crippen LogP contribution in [0, 0.1) is 0 Å². The molecule has 0 bridgehead atoms. The molecule has 6 heteroatoms. The Hall–Kier alpha value is -0.690. The molecule has 0 unspecified atom stereocenters. The SMILES string of the molecule is CO[C@H]1O[C@H]2[C@H](OC(=O)[C@H]2O)[C@@H]1O. The number of carbonyl (C=O) groups is 1. The average Bonchev–Trinajstić information content (AvgIpc) is 2.56. The maximum Gasteiger partial charge on any atom is 0.338 e. The maximum atomic E-state index is 10.8. The van der Waals surface area contributed by atoms with E-state index in [1.165, 1.54) is 7.11 Å². The summed E-state index contributed by atoms with van der Waals surface area (Å²) in [5.41, 5.74) is 0. The van der Waals surface area contributed by atoms with Gasteiger partial charge < -0.3 is 24.4 Å². The predicted octanol–water partition coefficient (Wildman–Crippen LogP) is -2.00. The lowest BCUT2D eigenvalue weighted by Crippen LogP contribution is -2.32. The largest absolute Gasteiger partial charge is 0.454 e. The Labute approximate surface area is 74.0 Å². The fourth-order valence-corrected chi connectivity index (χ4v) is 1.59.